The van der Waals surface area contributed by atoms with E-state index in [0.29, 0.717) is 28.7 Å². The molecule has 9 nitrogen and oxygen atoms in total. The van der Waals surface area contributed by atoms with Gasteiger partial charge in [0.1, 0.15) is 23.4 Å². The Balaban J connectivity index is 1.51. The van der Waals surface area contributed by atoms with Crippen molar-refractivity contribution < 1.29 is 14.1 Å². The third kappa shape index (κ3) is 3.17. The summed E-state index contributed by atoms with van der Waals surface area (Å²) in [6.45, 7) is 3.62. The second-order valence-electron chi connectivity index (χ2n) is 7.98. The normalized spacial score (nSPS) is 12.8. The number of aryl methyl sites for hydroxylation is 3. The van der Waals surface area contributed by atoms with Gasteiger partial charge in [0.2, 0.25) is 5.91 Å². The van der Waals surface area contributed by atoms with E-state index in [2.05, 4.69) is 25.0 Å². The quantitative estimate of drug-likeness (QED) is 0.496. The van der Waals surface area contributed by atoms with Gasteiger partial charge in [-0.05, 0) is 50.8 Å². The lowest BCUT2D eigenvalue weighted by molar-refractivity contribution is -0.115. The largest absolute Gasteiger partial charge is 0.494 e. The minimum atomic E-state index is -0.171. The van der Waals surface area contributed by atoms with Crippen molar-refractivity contribution in [3.05, 3.63) is 52.8 Å². The Morgan fingerprint density at radius 1 is 1.28 bits per heavy atom. The summed E-state index contributed by atoms with van der Waals surface area (Å²) in [5.41, 5.74) is 13.4. The van der Waals surface area contributed by atoms with Crippen LogP contribution in [-0.4, -0.2) is 32.7 Å². The Kier molecular flexibility index (Phi) is 4.80. The highest BCUT2D eigenvalue weighted by Gasteiger charge is 2.25. The topological polar surface area (TPSA) is 121 Å². The molecule has 3 heterocycles. The second kappa shape index (κ2) is 7.67. The third-order valence-corrected chi connectivity index (χ3v) is 6.05. The molecule has 0 spiro atoms. The van der Waals surface area contributed by atoms with Crippen LogP contribution in [0.4, 0.5) is 11.5 Å². The van der Waals surface area contributed by atoms with E-state index in [4.69, 9.17) is 15.0 Å². The van der Waals surface area contributed by atoms with Crippen LogP contribution < -0.4 is 15.8 Å². The SMILES string of the molecule is COc1cc(-n2c3c(c4ncnc(N)c42)CCC3)ccc1NC(=O)Cc1c(C)noc1C. The zero-order valence-corrected chi connectivity index (χ0v) is 18.2. The van der Waals surface area contributed by atoms with Crippen LogP contribution in [0.25, 0.3) is 16.7 Å². The van der Waals surface area contributed by atoms with E-state index in [1.54, 1.807) is 14.0 Å². The molecule has 164 valence electrons. The number of carbonyl (C=O) groups excluding carboxylic acids is 1. The van der Waals surface area contributed by atoms with Crippen LogP contribution in [0.3, 0.4) is 0 Å². The molecule has 0 unspecified atom stereocenters. The summed E-state index contributed by atoms with van der Waals surface area (Å²) in [4.78, 5) is 21.4. The summed E-state index contributed by atoms with van der Waals surface area (Å²) < 4.78 is 12.9. The number of nitrogens with two attached hydrogens (primary N) is 1. The molecule has 0 fully saturated rings. The standard InChI is InChI=1S/C23H24N6O3/c1-12-16(13(2)32-28-12)10-20(30)27-17-8-7-14(9-19(17)31-3)29-18-6-4-5-15(18)21-22(29)23(24)26-11-25-21/h7-9,11H,4-6,10H2,1-3H3,(H,27,30)(H2,24,25,26). The summed E-state index contributed by atoms with van der Waals surface area (Å²) in [7, 11) is 1.58. The lowest BCUT2D eigenvalue weighted by Crippen LogP contribution is -2.16. The van der Waals surface area contributed by atoms with Gasteiger partial charge in [-0.15, -0.1) is 0 Å². The molecule has 0 saturated carbocycles. The Labute approximate surface area is 184 Å². The van der Waals surface area contributed by atoms with Crippen LogP contribution in [-0.2, 0) is 24.1 Å². The summed E-state index contributed by atoms with van der Waals surface area (Å²) in [6.07, 6.45) is 4.69. The number of nitrogens with one attached hydrogen (secondary N) is 1. The number of benzene rings is 1. The number of amides is 1. The van der Waals surface area contributed by atoms with Crippen LogP contribution in [0, 0.1) is 13.8 Å². The number of aromatic nitrogens is 4. The number of methoxy groups -OCH3 is 1. The van der Waals surface area contributed by atoms with Crippen molar-refractivity contribution in [1.82, 2.24) is 19.7 Å². The van der Waals surface area contributed by atoms with E-state index in [0.717, 1.165) is 41.5 Å². The molecule has 3 aromatic heterocycles. The monoisotopic (exact) mass is 432 g/mol. The van der Waals surface area contributed by atoms with E-state index < -0.39 is 0 Å². The fraction of sp³-hybridized carbons (Fsp3) is 0.304. The Morgan fingerprint density at radius 2 is 2.12 bits per heavy atom. The van der Waals surface area contributed by atoms with Gasteiger partial charge in [0.25, 0.3) is 0 Å². The molecule has 1 aliphatic carbocycles. The number of nitrogen functional groups attached to an aromatic ring is 1. The van der Waals surface area contributed by atoms with Gasteiger partial charge in [-0.1, -0.05) is 5.16 Å². The van der Waals surface area contributed by atoms with E-state index in [9.17, 15) is 4.79 Å². The van der Waals surface area contributed by atoms with Gasteiger partial charge in [0.05, 0.1) is 30.4 Å². The highest BCUT2D eigenvalue weighted by molar-refractivity contribution is 5.95. The molecule has 0 aliphatic heterocycles. The van der Waals surface area contributed by atoms with Gasteiger partial charge in [0.15, 0.2) is 5.82 Å². The van der Waals surface area contributed by atoms with Crippen molar-refractivity contribution >= 4 is 28.4 Å². The summed E-state index contributed by atoms with van der Waals surface area (Å²) in [5.74, 6) is 1.47. The molecule has 0 saturated heterocycles. The lowest BCUT2D eigenvalue weighted by Gasteiger charge is -2.15. The first-order chi connectivity index (χ1) is 15.5. The molecular formula is C23H24N6O3. The maximum Gasteiger partial charge on any atom is 0.229 e. The Morgan fingerprint density at radius 3 is 2.88 bits per heavy atom. The van der Waals surface area contributed by atoms with Crippen LogP contribution in [0.5, 0.6) is 5.75 Å². The number of anilines is 2. The first-order valence-corrected chi connectivity index (χ1v) is 10.5. The molecule has 9 heteroatoms. The van der Waals surface area contributed by atoms with Crippen LogP contribution in [0.1, 0.15) is 34.7 Å². The molecule has 0 radical (unpaired) electrons. The van der Waals surface area contributed by atoms with Crippen LogP contribution in [0.15, 0.2) is 29.0 Å². The molecule has 4 aromatic rings. The maximum atomic E-state index is 12.7. The van der Waals surface area contributed by atoms with Crippen molar-refractivity contribution in [3.8, 4) is 11.4 Å². The fourth-order valence-electron chi connectivity index (χ4n) is 4.51. The van der Waals surface area contributed by atoms with Gasteiger partial charge in [-0.25, -0.2) is 9.97 Å². The van der Waals surface area contributed by atoms with Gasteiger partial charge in [-0.2, -0.15) is 0 Å². The number of fused-ring (bicyclic) bond motifs is 3. The number of hydrogen-bond acceptors (Lipinski definition) is 7. The van der Waals surface area contributed by atoms with Crippen LogP contribution >= 0.6 is 0 Å². The van der Waals surface area contributed by atoms with E-state index >= 15 is 0 Å². The van der Waals surface area contributed by atoms with Crippen molar-refractivity contribution in [2.24, 2.45) is 0 Å². The number of hydrogen-bond donors (Lipinski definition) is 2. The van der Waals surface area contributed by atoms with Crippen molar-refractivity contribution in [1.29, 1.82) is 0 Å². The lowest BCUT2D eigenvalue weighted by atomic mass is 10.1. The van der Waals surface area contributed by atoms with Crippen LogP contribution in [0.2, 0.25) is 0 Å². The van der Waals surface area contributed by atoms with Gasteiger partial charge < -0.3 is 24.9 Å². The molecule has 5 rings (SSSR count). The average molecular weight is 432 g/mol. The van der Waals surface area contributed by atoms with E-state index in [1.807, 2.05) is 25.1 Å². The highest BCUT2D eigenvalue weighted by Crippen LogP contribution is 2.38. The number of ether oxygens (including phenoxy) is 1. The number of carbonyl (C=O) groups is 1. The Bertz CT molecular complexity index is 1330. The van der Waals surface area contributed by atoms with Gasteiger partial charge >= 0.3 is 0 Å². The first-order valence-electron chi connectivity index (χ1n) is 10.5. The predicted molar refractivity (Wildman–Crippen MR) is 120 cm³/mol. The zero-order chi connectivity index (χ0) is 22.4. The molecule has 32 heavy (non-hydrogen) atoms. The maximum absolute atomic E-state index is 12.7. The number of nitrogens with zero attached hydrogens (tertiary/aromatic N) is 4. The molecule has 1 aliphatic rings. The smallest absolute Gasteiger partial charge is 0.229 e. The summed E-state index contributed by atoms with van der Waals surface area (Å²) in [5, 5.41) is 6.84. The van der Waals surface area contributed by atoms with Gasteiger partial charge in [-0.3, -0.25) is 4.79 Å². The molecule has 3 N–H and O–H groups in total. The average Bonchev–Trinajstić information content (AvgIpc) is 3.46. The minimum Gasteiger partial charge on any atom is -0.494 e. The van der Waals surface area contributed by atoms with E-state index in [-0.39, 0.29) is 12.3 Å². The number of rotatable bonds is 5. The summed E-state index contributed by atoms with van der Waals surface area (Å²) in [6, 6.07) is 5.68. The highest BCUT2D eigenvalue weighted by atomic mass is 16.5. The third-order valence-electron chi connectivity index (χ3n) is 6.05. The minimum absolute atomic E-state index is 0.171. The predicted octanol–water partition coefficient (Wildman–Crippen LogP) is 3.29. The fourth-order valence-corrected chi connectivity index (χ4v) is 4.51. The molecule has 1 amide bonds. The van der Waals surface area contributed by atoms with Crippen molar-refractivity contribution in [3.63, 3.8) is 0 Å². The molecule has 1 aromatic carbocycles. The first kappa shape index (κ1) is 20.0. The van der Waals surface area contributed by atoms with Crippen molar-refractivity contribution in [2.45, 2.75) is 39.5 Å². The molecular weight excluding hydrogens is 408 g/mol. The van der Waals surface area contributed by atoms with Gasteiger partial charge in [0, 0.05) is 23.0 Å². The second-order valence-corrected chi connectivity index (χ2v) is 7.98. The van der Waals surface area contributed by atoms with E-state index in [1.165, 1.54) is 17.6 Å². The summed E-state index contributed by atoms with van der Waals surface area (Å²) >= 11 is 0. The molecule has 0 atom stereocenters. The van der Waals surface area contributed by atoms with Crippen molar-refractivity contribution in [2.75, 3.05) is 18.2 Å². The molecule has 0 bridgehead atoms. The Hall–Kier alpha value is -3.88. The zero-order valence-electron chi connectivity index (χ0n) is 18.2.